The molecule has 0 radical (unpaired) electrons. The van der Waals surface area contributed by atoms with Crippen LogP contribution >= 0.6 is 0 Å². The number of rotatable bonds is 3. The lowest BCUT2D eigenvalue weighted by molar-refractivity contribution is 0.102. The minimum Gasteiger partial charge on any atom is -0.496 e. The number of carbonyl (C=O) groups is 1. The summed E-state index contributed by atoms with van der Waals surface area (Å²) in [6, 6.07) is 6.67. The van der Waals surface area contributed by atoms with Gasteiger partial charge in [-0.05, 0) is 30.7 Å². The summed E-state index contributed by atoms with van der Waals surface area (Å²) in [5.74, 6) is 0.204. The zero-order valence-electron chi connectivity index (χ0n) is 10.8. The van der Waals surface area contributed by atoms with Gasteiger partial charge in [0.15, 0.2) is 0 Å². The van der Waals surface area contributed by atoms with E-state index in [1.54, 1.807) is 36.7 Å². The minimum atomic E-state index is -0.244. The molecule has 1 aromatic heterocycles. The molecule has 1 amide bonds. The van der Waals surface area contributed by atoms with Crippen LogP contribution in [0.25, 0.3) is 0 Å². The summed E-state index contributed by atoms with van der Waals surface area (Å²) >= 11 is 0. The molecular formula is C14H15N3O2. The van der Waals surface area contributed by atoms with Crippen molar-refractivity contribution in [2.75, 3.05) is 18.2 Å². The van der Waals surface area contributed by atoms with E-state index in [9.17, 15) is 4.79 Å². The van der Waals surface area contributed by atoms with Gasteiger partial charge in [-0.25, -0.2) is 0 Å². The number of aromatic nitrogens is 1. The molecule has 0 unspecified atom stereocenters. The molecule has 98 valence electrons. The third-order valence-electron chi connectivity index (χ3n) is 2.74. The molecule has 5 heteroatoms. The number of methoxy groups -OCH3 is 1. The number of hydrogen-bond acceptors (Lipinski definition) is 4. The van der Waals surface area contributed by atoms with Crippen LogP contribution in [0.15, 0.2) is 36.7 Å². The van der Waals surface area contributed by atoms with Crippen LogP contribution in [0.3, 0.4) is 0 Å². The molecule has 0 fully saturated rings. The highest BCUT2D eigenvalue weighted by atomic mass is 16.5. The Morgan fingerprint density at radius 1 is 1.37 bits per heavy atom. The normalized spacial score (nSPS) is 10.0. The lowest BCUT2D eigenvalue weighted by atomic mass is 10.1. The van der Waals surface area contributed by atoms with Crippen molar-refractivity contribution >= 4 is 17.3 Å². The SMILES string of the molecule is COc1cc(N)ccc1C(=O)Nc1ccncc1C. The number of nitrogens with zero attached hydrogens (tertiary/aromatic N) is 1. The van der Waals surface area contributed by atoms with Crippen molar-refractivity contribution in [2.45, 2.75) is 6.92 Å². The number of nitrogens with one attached hydrogen (secondary N) is 1. The maximum atomic E-state index is 12.2. The van der Waals surface area contributed by atoms with Crippen LogP contribution in [0.2, 0.25) is 0 Å². The second-order valence-corrected chi connectivity index (χ2v) is 4.10. The van der Waals surface area contributed by atoms with Crippen molar-refractivity contribution in [2.24, 2.45) is 0 Å². The number of ether oxygens (including phenoxy) is 1. The zero-order valence-corrected chi connectivity index (χ0v) is 10.8. The number of pyridine rings is 1. The standard InChI is InChI=1S/C14H15N3O2/c1-9-8-16-6-5-12(9)17-14(18)11-4-3-10(15)7-13(11)19-2/h3-8H,15H2,1-2H3,(H,16,17,18). The third-order valence-corrected chi connectivity index (χ3v) is 2.74. The first-order valence-electron chi connectivity index (χ1n) is 5.77. The third kappa shape index (κ3) is 2.82. The largest absolute Gasteiger partial charge is 0.496 e. The molecule has 1 heterocycles. The average Bonchev–Trinajstić information content (AvgIpc) is 2.41. The van der Waals surface area contributed by atoms with E-state index >= 15 is 0 Å². The first-order chi connectivity index (χ1) is 9.11. The Bertz CT molecular complexity index is 611. The van der Waals surface area contributed by atoms with Crippen LogP contribution in [-0.4, -0.2) is 18.0 Å². The first-order valence-corrected chi connectivity index (χ1v) is 5.77. The molecule has 0 aliphatic carbocycles. The predicted octanol–water partition coefficient (Wildman–Crippen LogP) is 2.23. The topological polar surface area (TPSA) is 77.2 Å². The van der Waals surface area contributed by atoms with Crippen LogP contribution < -0.4 is 15.8 Å². The van der Waals surface area contributed by atoms with E-state index in [0.717, 1.165) is 11.3 Å². The average molecular weight is 257 g/mol. The van der Waals surface area contributed by atoms with Gasteiger partial charge in [-0.2, -0.15) is 0 Å². The van der Waals surface area contributed by atoms with E-state index in [1.807, 2.05) is 6.92 Å². The number of aryl methyl sites for hydroxylation is 1. The van der Waals surface area contributed by atoms with E-state index in [-0.39, 0.29) is 5.91 Å². The van der Waals surface area contributed by atoms with E-state index < -0.39 is 0 Å². The van der Waals surface area contributed by atoms with Crippen LogP contribution in [0.1, 0.15) is 15.9 Å². The first kappa shape index (κ1) is 12.9. The molecule has 2 rings (SSSR count). The van der Waals surface area contributed by atoms with Gasteiger partial charge in [0.25, 0.3) is 5.91 Å². The molecule has 2 aromatic rings. The molecule has 19 heavy (non-hydrogen) atoms. The molecule has 0 saturated carbocycles. The van der Waals surface area contributed by atoms with Gasteiger partial charge in [-0.15, -0.1) is 0 Å². The molecule has 0 aliphatic rings. The van der Waals surface area contributed by atoms with Crippen LogP contribution in [0, 0.1) is 6.92 Å². The van der Waals surface area contributed by atoms with Crippen LogP contribution in [0.5, 0.6) is 5.75 Å². The smallest absolute Gasteiger partial charge is 0.259 e. The van der Waals surface area contributed by atoms with Crippen molar-refractivity contribution in [3.05, 3.63) is 47.8 Å². The Kier molecular flexibility index (Phi) is 3.66. The molecule has 5 nitrogen and oxygen atoms in total. The highest BCUT2D eigenvalue weighted by molar-refractivity contribution is 6.06. The molecule has 0 saturated heterocycles. The van der Waals surface area contributed by atoms with Crippen molar-refractivity contribution in [1.82, 2.24) is 4.98 Å². The Morgan fingerprint density at radius 2 is 2.16 bits per heavy atom. The van der Waals surface area contributed by atoms with Crippen LogP contribution in [-0.2, 0) is 0 Å². The highest BCUT2D eigenvalue weighted by Crippen LogP contribution is 2.23. The molecule has 0 aliphatic heterocycles. The number of amides is 1. The molecule has 0 atom stereocenters. The fraction of sp³-hybridized carbons (Fsp3) is 0.143. The summed E-state index contributed by atoms with van der Waals surface area (Å²) in [4.78, 5) is 16.2. The molecule has 0 spiro atoms. The van der Waals surface area contributed by atoms with Gasteiger partial charge in [0, 0.05) is 29.8 Å². The van der Waals surface area contributed by atoms with Gasteiger partial charge in [-0.1, -0.05) is 0 Å². The minimum absolute atomic E-state index is 0.244. The Morgan fingerprint density at radius 3 is 2.84 bits per heavy atom. The summed E-state index contributed by atoms with van der Waals surface area (Å²) in [5, 5.41) is 2.82. The monoisotopic (exact) mass is 257 g/mol. The summed E-state index contributed by atoms with van der Waals surface area (Å²) in [7, 11) is 1.50. The van der Waals surface area contributed by atoms with E-state index in [2.05, 4.69) is 10.3 Å². The van der Waals surface area contributed by atoms with Gasteiger partial charge in [0.2, 0.25) is 0 Å². The highest BCUT2D eigenvalue weighted by Gasteiger charge is 2.13. The molecular weight excluding hydrogens is 242 g/mol. The maximum Gasteiger partial charge on any atom is 0.259 e. The van der Waals surface area contributed by atoms with Gasteiger partial charge < -0.3 is 15.8 Å². The van der Waals surface area contributed by atoms with Gasteiger partial charge in [0.1, 0.15) is 5.75 Å². The number of carbonyl (C=O) groups excluding carboxylic acids is 1. The lowest BCUT2D eigenvalue weighted by Crippen LogP contribution is -2.14. The number of benzene rings is 1. The predicted molar refractivity (Wildman–Crippen MR) is 74.3 cm³/mol. The Balaban J connectivity index is 2.28. The number of anilines is 2. The van der Waals surface area contributed by atoms with E-state index in [4.69, 9.17) is 10.5 Å². The molecule has 1 aromatic carbocycles. The van der Waals surface area contributed by atoms with Gasteiger partial charge >= 0.3 is 0 Å². The fourth-order valence-corrected chi connectivity index (χ4v) is 1.70. The second-order valence-electron chi connectivity index (χ2n) is 4.10. The van der Waals surface area contributed by atoms with Crippen molar-refractivity contribution in [1.29, 1.82) is 0 Å². The van der Waals surface area contributed by atoms with Crippen molar-refractivity contribution < 1.29 is 9.53 Å². The fourth-order valence-electron chi connectivity index (χ4n) is 1.70. The van der Waals surface area contributed by atoms with Gasteiger partial charge in [0.05, 0.1) is 12.7 Å². The van der Waals surface area contributed by atoms with Crippen LogP contribution in [0.4, 0.5) is 11.4 Å². The van der Waals surface area contributed by atoms with E-state index in [1.165, 1.54) is 7.11 Å². The van der Waals surface area contributed by atoms with Gasteiger partial charge in [-0.3, -0.25) is 9.78 Å². The maximum absolute atomic E-state index is 12.2. The summed E-state index contributed by atoms with van der Waals surface area (Å²) in [5.41, 5.74) is 8.26. The molecule has 0 bridgehead atoms. The lowest BCUT2D eigenvalue weighted by Gasteiger charge is -2.11. The Hall–Kier alpha value is -2.56. The van der Waals surface area contributed by atoms with Crippen molar-refractivity contribution in [3.63, 3.8) is 0 Å². The second kappa shape index (κ2) is 5.39. The number of hydrogen-bond donors (Lipinski definition) is 2. The number of nitrogens with two attached hydrogens (primary N) is 1. The number of nitrogen functional groups attached to an aromatic ring is 1. The zero-order chi connectivity index (χ0) is 13.8. The van der Waals surface area contributed by atoms with Crippen molar-refractivity contribution in [3.8, 4) is 5.75 Å². The summed E-state index contributed by atoms with van der Waals surface area (Å²) in [6.07, 6.45) is 3.32. The van der Waals surface area contributed by atoms with E-state index in [0.29, 0.717) is 17.0 Å². The summed E-state index contributed by atoms with van der Waals surface area (Å²) in [6.45, 7) is 1.88. The Labute approximate surface area is 111 Å². The summed E-state index contributed by atoms with van der Waals surface area (Å²) < 4.78 is 5.16. The molecule has 3 N–H and O–H groups in total. The quantitative estimate of drug-likeness (QED) is 0.827.